The van der Waals surface area contributed by atoms with Gasteiger partial charge in [-0.15, -0.1) is 0 Å². The van der Waals surface area contributed by atoms with Crippen molar-refractivity contribution in [2.45, 2.75) is 19.4 Å². The largest absolute Gasteiger partial charge is 0.370 e. The molecule has 0 aliphatic heterocycles. The van der Waals surface area contributed by atoms with E-state index in [-0.39, 0.29) is 11.9 Å². The molecule has 0 spiro atoms. The number of amides is 1. The van der Waals surface area contributed by atoms with Gasteiger partial charge in [-0.25, -0.2) is 9.97 Å². The molecular formula is C27H33N7O2. The molecule has 0 saturated carbocycles. The Morgan fingerprint density at radius 2 is 1.81 bits per heavy atom. The van der Waals surface area contributed by atoms with Crippen LogP contribution in [0, 0.1) is 0 Å². The van der Waals surface area contributed by atoms with Gasteiger partial charge in [0.15, 0.2) is 0 Å². The first-order valence-electron chi connectivity index (χ1n) is 11.9. The van der Waals surface area contributed by atoms with Crippen LogP contribution in [0.25, 0.3) is 22.3 Å². The molecule has 188 valence electrons. The van der Waals surface area contributed by atoms with Crippen molar-refractivity contribution in [2.75, 3.05) is 32.0 Å². The molecular weight excluding hydrogens is 454 g/mol. The average Bonchev–Trinajstić information content (AvgIpc) is 3.35. The quantitative estimate of drug-likeness (QED) is 0.162. The van der Waals surface area contributed by atoms with Gasteiger partial charge < -0.3 is 26.7 Å². The number of benzene rings is 2. The Morgan fingerprint density at radius 1 is 1.06 bits per heavy atom. The summed E-state index contributed by atoms with van der Waals surface area (Å²) >= 11 is 0. The summed E-state index contributed by atoms with van der Waals surface area (Å²) in [5.74, 6) is 0.537. The molecule has 1 atom stereocenters. The number of nitrogens with two attached hydrogens (primary N) is 1. The molecule has 2 heterocycles. The number of fused-ring (bicyclic) bond motifs is 1. The first-order valence-corrected chi connectivity index (χ1v) is 11.9. The number of hydrogen-bond acceptors (Lipinski definition) is 7. The molecule has 1 amide bonds. The van der Waals surface area contributed by atoms with E-state index in [0.29, 0.717) is 18.5 Å². The second kappa shape index (κ2) is 13.7. The summed E-state index contributed by atoms with van der Waals surface area (Å²) in [4.78, 5) is 33.1. The van der Waals surface area contributed by atoms with Crippen molar-refractivity contribution < 1.29 is 9.59 Å². The molecule has 0 aliphatic carbocycles. The molecule has 2 aromatic carbocycles. The number of anilines is 1. The van der Waals surface area contributed by atoms with Gasteiger partial charge in [0.2, 0.25) is 5.91 Å². The number of aldehydes is 1. The summed E-state index contributed by atoms with van der Waals surface area (Å²) in [7, 11) is 1.88. The number of carbonyl (C=O) groups is 2. The second-order valence-corrected chi connectivity index (χ2v) is 8.25. The van der Waals surface area contributed by atoms with Crippen LogP contribution in [-0.2, 0) is 4.79 Å². The monoisotopic (exact) mass is 487 g/mol. The van der Waals surface area contributed by atoms with E-state index in [1.807, 2.05) is 43.4 Å². The zero-order chi connectivity index (χ0) is 25.8. The molecule has 0 saturated heterocycles. The lowest BCUT2D eigenvalue weighted by atomic mass is 10.1. The molecule has 0 aliphatic rings. The van der Waals surface area contributed by atoms with E-state index < -0.39 is 0 Å². The Kier molecular flexibility index (Phi) is 10.1. The number of rotatable bonds is 11. The maximum absolute atomic E-state index is 10.8. The van der Waals surface area contributed by atoms with Crippen LogP contribution in [0.3, 0.4) is 0 Å². The van der Waals surface area contributed by atoms with Crippen molar-refractivity contribution in [1.29, 1.82) is 0 Å². The Balaban J connectivity index is 0.000000308. The standard InChI is InChI=1S/C21H18N4O.C6H15N3O/c1-14(16-5-3-2-4-6-16)24-20-18-11-19(25-21(18)23-13-22-20)17-9-7-15(12-26)8-10-17;1-8-4-5-9-3-2-6(7)10/h2-14H,1H3,(H2,22,23,24,25);8-9H,2-5H2,1H3,(H2,7,10)/t14-;/m1./s1. The summed E-state index contributed by atoms with van der Waals surface area (Å²) in [6.45, 7) is 4.58. The summed E-state index contributed by atoms with van der Waals surface area (Å²) in [5.41, 5.74) is 9.47. The van der Waals surface area contributed by atoms with Gasteiger partial charge >= 0.3 is 0 Å². The molecule has 0 radical (unpaired) electrons. The molecule has 0 bridgehead atoms. The van der Waals surface area contributed by atoms with Gasteiger partial charge in [-0.1, -0.05) is 54.6 Å². The number of carbonyl (C=O) groups excluding carboxylic acids is 2. The van der Waals surface area contributed by atoms with Crippen LogP contribution in [0.4, 0.5) is 5.82 Å². The van der Waals surface area contributed by atoms with Crippen molar-refractivity contribution in [3.05, 3.63) is 78.1 Å². The number of aromatic nitrogens is 3. The molecule has 0 fully saturated rings. The zero-order valence-corrected chi connectivity index (χ0v) is 20.6. The van der Waals surface area contributed by atoms with Crippen LogP contribution in [0.15, 0.2) is 67.0 Å². The summed E-state index contributed by atoms with van der Waals surface area (Å²) < 4.78 is 0. The lowest BCUT2D eigenvalue weighted by Crippen LogP contribution is -2.28. The molecule has 4 aromatic rings. The minimum absolute atomic E-state index is 0.125. The maximum atomic E-state index is 10.8. The first-order chi connectivity index (χ1) is 17.5. The van der Waals surface area contributed by atoms with Crippen molar-refractivity contribution in [3.8, 4) is 11.3 Å². The van der Waals surface area contributed by atoms with Crippen molar-refractivity contribution in [1.82, 2.24) is 25.6 Å². The van der Waals surface area contributed by atoms with Crippen LogP contribution in [-0.4, -0.2) is 53.8 Å². The molecule has 6 N–H and O–H groups in total. The fourth-order valence-electron chi connectivity index (χ4n) is 3.53. The lowest BCUT2D eigenvalue weighted by Gasteiger charge is -2.15. The molecule has 2 aromatic heterocycles. The fourth-order valence-corrected chi connectivity index (χ4v) is 3.53. The summed E-state index contributed by atoms with van der Waals surface area (Å²) in [5, 5.41) is 10.4. The normalized spacial score (nSPS) is 11.4. The topological polar surface area (TPSA) is 138 Å². The van der Waals surface area contributed by atoms with Gasteiger partial charge in [0.25, 0.3) is 0 Å². The Labute approximate surface area is 210 Å². The highest BCUT2D eigenvalue weighted by Crippen LogP contribution is 2.28. The van der Waals surface area contributed by atoms with Gasteiger partial charge in [0.1, 0.15) is 24.1 Å². The number of nitrogens with one attached hydrogen (secondary N) is 4. The van der Waals surface area contributed by atoms with Crippen molar-refractivity contribution >= 4 is 29.0 Å². The number of primary amides is 1. The van der Waals surface area contributed by atoms with Crippen LogP contribution in [0.5, 0.6) is 0 Å². The van der Waals surface area contributed by atoms with Crippen molar-refractivity contribution in [2.24, 2.45) is 5.73 Å². The number of likely N-dealkylation sites (N-methyl/N-ethyl adjacent to an activating group) is 1. The van der Waals surface area contributed by atoms with E-state index in [4.69, 9.17) is 5.73 Å². The minimum Gasteiger partial charge on any atom is -0.370 e. The van der Waals surface area contributed by atoms with E-state index in [1.54, 1.807) is 18.5 Å². The molecule has 9 nitrogen and oxygen atoms in total. The highest BCUT2D eigenvalue weighted by molar-refractivity contribution is 5.91. The minimum atomic E-state index is -0.253. The number of aromatic amines is 1. The van der Waals surface area contributed by atoms with E-state index >= 15 is 0 Å². The number of hydrogen-bond donors (Lipinski definition) is 5. The fraction of sp³-hybridized carbons (Fsp3) is 0.259. The highest BCUT2D eigenvalue weighted by atomic mass is 16.1. The number of nitrogens with zero attached hydrogens (tertiary/aromatic N) is 2. The van der Waals surface area contributed by atoms with Gasteiger partial charge in [0, 0.05) is 43.4 Å². The van der Waals surface area contributed by atoms with Crippen molar-refractivity contribution in [3.63, 3.8) is 0 Å². The van der Waals surface area contributed by atoms with Crippen LogP contribution < -0.4 is 21.7 Å². The third-order valence-corrected chi connectivity index (χ3v) is 5.54. The smallest absolute Gasteiger partial charge is 0.218 e. The maximum Gasteiger partial charge on any atom is 0.218 e. The predicted molar refractivity (Wildman–Crippen MR) is 144 cm³/mol. The second-order valence-electron chi connectivity index (χ2n) is 8.25. The first kappa shape index (κ1) is 26.5. The average molecular weight is 488 g/mol. The summed E-state index contributed by atoms with van der Waals surface area (Å²) in [6.07, 6.45) is 2.81. The van der Waals surface area contributed by atoms with Gasteiger partial charge in [-0.2, -0.15) is 0 Å². The van der Waals surface area contributed by atoms with Gasteiger partial charge in [-0.3, -0.25) is 9.59 Å². The molecule has 9 heteroatoms. The van der Waals surface area contributed by atoms with Gasteiger partial charge in [0.05, 0.1) is 5.39 Å². The number of H-pyrrole nitrogens is 1. The third kappa shape index (κ3) is 7.72. The van der Waals surface area contributed by atoms with E-state index in [9.17, 15) is 9.59 Å². The van der Waals surface area contributed by atoms with E-state index in [0.717, 1.165) is 47.5 Å². The summed E-state index contributed by atoms with van der Waals surface area (Å²) in [6, 6.07) is 19.8. The van der Waals surface area contributed by atoms with Gasteiger partial charge in [-0.05, 0) is 31.2 Å². The Hall–Kier alpha value is -4.08. The molecule has 4 rings (SSSR count). The van der Waals surface area contributed by atoms with Crippen LogP contribution in [0.1, 0.15) is 35.3 Å². The SMILES string of the molecule is CNCCNCCC(N)=O.C[C@@H](Nc1ncnc2[nH]c(-c3ccc(C=O)cc3)cc12)c1ccccc1. The van der Waals surface area contributed by atoms with Crippen LogP contribution >= 0.6 is 0 Å². The third-order valence-electron chi connectivity index (χ3n) is 5.54. The zero-order valence-electron chi connectivity index (χ0n) is 20.6. The van der Waals surface area contributed by atoms with Crippen LogP contribution in [0.2, 0.25) is 0 Å². The molecule has 0 unspecified atom stereocenters. The Morgan fingerprint density at radius 3 is 2.47 bits per heavy atom. The lowest BCUT2D eigenvalue weighted by molar-refractivity contribution is -0.117. The van der Waals surface area contributed by atoms with E-state index in [1.165, 1.54) is 5.56 Å². The predicted octanol–water partition coefficient (Wildman–Crippen LogP) is 3.28. The molecule has 36 heavy (non-hydrogen) atoms. The Bertz CT molecular complexity index is 1240. The highest BCUT2D eigenvalue weighted by Gasteiger charge is 2.12. The van der Waals surface area contributed by atoms with E-state index in [2.05, 4.69) is 50.0 Å².